The predicted molar refractivity (Wildman–Crippen MR) is 132 cm³/mol. The number of rotatable bonds is 9. The molecule has 3 rings (SSSR count). The van der Waals surface area contributed by atoms with Gasteiger partial charge in [0.15, 0.2) is 0 Å². The SMILES string of the molecule is COC(=O)[C@H](Cc1ccccc1)NC(=O)[C@H](C)NC(=O)[C@@H]1CCCN1C(=O)C=Cc1ccccc1. The summed E-state index contributed by atoms with van der Waals surface area (Å²) >= 11 is 0. The van der Waals surface area contributed by atoms with Gasteiger partial charge in [-0.25, -0.2) is 4.79 Å². The Morgan fingerprint density at radius 3 is 2.34 bits per heavy atom. The number of carbonyl (C=O) groups is 4. The first-order valence-electron chi connectivity index (χ1n) is 11.6. The van der Waals surface area contributed by atoms with Gasteiger partial charge in [-0.1, -0.05) is 60.7 Å². The highest BCUT2D eigenvalue weighted by Crippen LogP contribution is 2.18. The molecule has 0 saturated carbocycles. The summed E-state index contributed by atoms with van der Waals surface area (Å²) in [7, 11) is 1.26. The molecule has 3 atom stereocenters. The number of carbonyl (C=O) groups excluding carboxylic acids is 4. The standard InChI is InChI=1S/C27H31N3O5/c1-19(25(32)29-22(27(34)35-2)18-21-12-7-4-8-13-21)28-26(33)23-14-9-17-30(23)24(31)16-15-20-10-5-3-6-11-20/h3-8,10-13,15-16,19,22-23H,9,14,17-18H2,1-2H3,(H,28,33)(H,29,32)/t19-,22-,23-/m0/s1. The van der Waals surface area contributed by atoms with Crippen LogP contribution in [0.4, 0.5) is 0 Å². The average Bonchev–Trinajstić information content (AvgIpc) is 3.38. The molecule has 0 aliphatic carbocycles. The van der Waals surface area contributed by atoms with Gasteiger partial charge >= 0.3 is 5.97 Å². The molecule has 0 spiro atoms. The molecule has 1 aliphatic rings. The van der Waals surface area contributed by atoms with Crippen molar-refractivity contribution >= 4 is 29.8 Å². The third kappa shape index (κ3) is 7.27. The fraction of sp³-hybridized carbons (Fsp3) is 0.333. The zero-order valence-electron chi connectivity index (χ0n) is 20.0. The minimum absolute atomic E-state index is 0.253. The topological polar surface area (TPSA) is 105 Å². The zero-order valence-corrected chi connectivity index (χ0v) is 20.0. The van der Waals surface area contributed by atoms with E-state index >= 15 is 0 Å². The molecule has 8 nitrogen and oxygen atoms in total. The first kappa shape index (κ1) is 25.7. The largest absolute Gasteiger partial charge is 0.467 e. The quantitative estimate of drug-likeness (QED) is 0.425. The van der Waals surface area contributed by atoms with Crippen molar-refractivity contribution in [3.05, 3.63) is 77.9 Å². The summed E-state index contributed by atoms with van der Waals surface area (Å²) in [5.41, 5.74) is 1.76. The number of amides is 3. The molecule has 184 valence electrons. The van der Waals surface area contributed by atoms with E-state index in [1.807, 2.05) is 60.7 Å². The molecule has 0 bridgehead atoms. The Labute approximate surface area is 205 Å². The van der Waals surface area contributed by atoms with Gasteiger partial charge in [-0.3, -0.25) is 14.4 Å². The molecular formula is C27H31N3O5. The van der Waals surface area contributed by atoms with Crippen molar-refractivity contribution in [1.29, 1.82) is 0 Å². The van der Waals surface area contributed by atoms with E-state index in [0.29, 0.717) is 19.4 Å². The molecule has 2 aromatic carbocycles. The molecule has 8 heteroatoms. The van der Waals surface area contributed by atoms with Crippen LogP contribution >= 0.6 is 0 Å². The van der Waals surface area contributed by atoms with Crippen LogP contribution in [0, 0.1) is 0 Å². The second-order valence-corrected chi connectivity index (χ2v) is 8.44. The van der Waals surface area contributed by atoms with Crippen molar-refractivity contribution in [2.24, 2.45) is 0 Å². The van der Waals surface area contributed by atoms with Gasteiger partial charge in [0.2, 0.25) is 17.7 Å². The van der Waals surface area contributed by atoms with Crippen molar-refractivity contribution in [3.8, 4) is 0 Å². The van der Waals surface area contributed by atoms with Crippen LogP contribution in [-0.4, -0.2) is 60.4 Å². The van der Waals surface area contributed by atoms with Crippen molar-refractivity contribution < 1.29 is 23.9 Å². The minimum Gasteiger partial charge on any atom is -0.467 e. The lowest BCUT2D eigenvalue weighted by Crippen LogP contribution is -2.54. The summed E-state index contributed by atoms with van der Waals surface area (Å²) in [4.78, 5) is 52.1. The molecule has 0 radical (unpaired) electrons. The summed E-state index contributed by atoms with van der Waals surface area (Å²) in [6.07, 6.45) is 4.65. The molecule has 1 heterocycles. The van der Waals surface area contributed by atoms with E-state index < -0.39 is 35.9 Å². The molecule has 0 aromatic heterocycles. The van der Waals surface area contributed by atoms with Crippen LogP contribution in [0.5, 0.6) is 0 Å². The van der Waals surface area contributed by atoms with E-state index in [0.717, 1.165) is 11.1 Å². The molecular weight excluding hydrogens is 446 g/mol. The van der Waals surface area contributed by atoms with Crippen LogP contribution in [0.3, 0.4) is 0 Å². The number of hydrogen-bond acceptors (Lipinski definition) is 5. The summed E-state index contributed by atoms with van der Waals surface area (Å²) in [6, 6.07) is 16.2. The third-order valence-corrected chi connectivity index (χ3v) is 5.89. The lowest BCUT2D eigenvalue weighted by atomic mass is 10.1. The molecule has 1 saturated heterocycles. The van der Waals surface area contributed by atoms with Crippen LogP contribution in [-0.2, 0) is 30.3 Å². The van der Waals surface area contributed by atoms with E-state index in [9.17, 15) is 19.2 Å². The number of likely N-dealkylation sites (tertiary alicyclic amines) is 1. The van der Waals surface area contributed by atoms with Gasteiger partial charge in [0.1, 0.15) is 18.1 Å². The molecule has 1 fully saturated rings. The van der Waals surface area contributed by atoms with Crippen molar-refractivity contribution in [3.63, 3.8) is 0 Å². The second kappa shape index (κ2) is 12.5. The van der Waals surface area contributed by atoms with Gasteiger partial charge in [-0.2, -0.15) is 0 Å². The Hall–Kier alpha value is -3.94. The highest BCUT2D eigenvalue weighted by atomic mass is 16.5. The number of ether oxygens (including phenoxy) is 1. The van der Waals surface area contributed by atoms with Crippen molar-refractivity contribution in [1.82, 2.24) is 15.5 Å². The van der Waals surface area contributed by atoms with E-state index in [4.69, 9.17) is 4.74 Å². The second-order valence-electron chi connectivity index (χ2n) is 8.44. The number of hydrogen-bond donors (Lipinski definition) is 2. The zero-order chi connectivity index (χ0) is 25.2. The maximum Gasteiger partial charge on any atom is 0.328 e. The number of methoxy groups -OCH3 is 1. The maximum atomic E-state index is 12.9. The van der Waals surface area contributed by atoms with Gasteiger partial charge in [-0.15, -0.1) is 0 Å². The van der Waals surface area contributed by atoms with Gasteiger partial charge in [0, 0.05) is 19.0 Å². The fourth-order valence-corrected chi connectivity index (χ4v) is 3.99. The van der Waals surface area contributed by atoms with Gasteiger partial charge in [0.05, 0.1) is 7.11 Å². The van der Waals surface area contributed by atoms with Gasteiger partial charge in [0.25, 0.3) is 0 Å². The maximum absolute atomic E-state index is 12.9. The average molecular weight is 478 g/mol. The van der Waals surface area contributed by atoms with Crippen LogP contribution < -0.4 is 10.6 Å². The molecule has 3 amide bonds. The number of nitrogens with one attached hydrogen (secondary N) is 2. The smallest absolute Gasteiger partial charge is 0.328 e. The lowest BCUT2D eigenvalue weighted by Gasteiger charge is -2.25. The van der Waals surface area contributed by atoms with Crippen molar-refractivity contribution in [2.45, 2.75) is 44.3 Å². The summed E-state index contributed by atoms with van der Waals surface area (Å²) in [5, 5.41) is 5.35. The van der Waals surface area contributed by atoms with E-state index in [-0.39, 0.29) is 12.3 Å². The molecule has 2 N–H and O–H groups in total. The Kier molecular flexibility index (Phi) is 9.17. The Morgan fingerprint density at radius 1 is 1.03 bits per heavy atom. The first-order chi connectivity index (χ1) is 16.9. The van der Waals surface area contributed by atoms with E-state index in [1.165, 1.54) is 18.1 Å². The highest BCUT2D eigenvalue weighted by molar-refractivity contribution is 5.97. The number of nitrogens with zero attached hydrogens (tertiary/aromatic N) is 1. The molecule has 35 heavy (non-hydrogen) atoms. The summed E-state index contributed by atoms with van der Waals surface area (Å²) < 4.78 is 4.83. The van der Waals surface area contributed by atoms with Crippen LogP contribution in [0.15, 0.2) is 66.7 Å². The van der Waals surface area contributed by atoms with E-state index in [2.05, 4.69) is 10.6 Å². The van der Waals surface area contributed by atoms with Crippen LogP contribution in [0.25, 0.3) is 6.08 Å². The Morgan fingerprint density at radius 2 is 1.69 bits per heavy atom. The van der Waals surface area contributed by atoms with Gasteiger partial charge in [-0.05, 0) is 37.0 Å². The number of benzene rings is 2. The van der Waals surface area contributed by atoms with Crippen LogP contribution in [0.2, 0.25) is 0 Å². The molecule has 2 aromatic rings. The summed E-state index contributed by atoms with van der Waals surface area (Å²) in [6.45, 7) is 2.01. The Bertz CT molecular complexity index is 1060. The Balaban J connectivity index is 1.58. The lowest BCUT2D eigenvalue weighted by molar-refractivity contribution is -0.145. The van der Waals surface area contributed by atoms with Crippen molar-refractivity contribution in [2.75, 3.05) is 13.7 Å². The highest BCUT2D eigenvalue weighted by Gasteiger charge is 2.34. The fourth-order valence-electron chi connectivity index (χ4n) is 3.99. The van der Waals surface area contributed by atoms with Crippen LogP contribution in [0.1, 0.15) is 30.9 Å². The summed E-state index contributed by atoms with van der Waals surface area (Å²) in [5.74, 6) is -1.73. The molecule has 1 aliphatic heterocycles. The molecule has 0 unspecified atom stereocenters. The van der Waals surface area contributed by atoms with E-state index in [1.54, 1.807) is 13.0 Å². The predicted octanol–water partition coefficient (Wildman–Crippen LogP) is 2.10. The normalized spacial score (nSPS) is 17.0. The first-order valence-corrected chi connectivity index (χ1v) is 11.6. The minimum atomic E-state index is -0.900. The monoisotopic (exact) mass is 477 g/mol. The van der Waals surface area contributed by atoms with Gasteiger partial charge < -0.3 is 20.3 Å². The third-order valence-electron chi connectivity index (χ3n) is 5.89. The number of esters is 1.